The summed E-state index contributed by atoms with van der Waals surface area (Å²) < 4.78 is 0. The van der Waals surface area contributed by atoms with Gasteiger partial charge in [0.2, 0.25) is 11.8 Å². The zero-order valence-corrected chi connectivity index (χ0v) is 13.9. The van der Waals surface area contributed by atoms with E-state index in [1.807, 2.05) is 18.2 Å². The van der Waals surface area contributed by atoms with E-state index in [9.17, 15) is 9.59 Å². The lowest BCUT2D eigenvalue weighted by Gasteiger charge is -2.38. The Labute approximate surface area is 142 Å². The number of aromatic nitrogens is 1. The van der Waals surface area contributed by atoms with Gasteiger partial charge < -0.3 is 15.5 Å². The number of hydrogen-bond donors (Lipinski definition) is 1. The van der Waals surface area contributed by atoms with E-state index >= 15 is 0 Å². The number of carbonyl (C=O) groups excluding carboxylic acids is 2. The summed E-state index contributed by atoms with van der Waals surface area (Å²) in [5.41, 5.74) is 5.45. The van der Waals surface area contributed by atoms with Crippen molar-refractivity contribution in [2.45, 2.75) is 25.3 Å². The van der Waals surface area contributed by atoms with Crippen LogP contribution >= 0.6 is 0 Å². The molecule has 0 spiro atoms. The minimum atomic E-state index is -0.430. The zero-order valence-electron chi connectivity index (χ0n) is 13.9. The molecule has 24 heavy (non-hydrogen) atoms. The highest BCUT2D eigenvalue weighted by molar-refractivity contribution is 5.87. The van der Waals surface area contributed by atoms with E-state index in [1.165, 1.54) is 0 Å². The Hall–Kier alpha value is -2.15. The van der Waals surface area contributed by atoms with E-state index in [0.29, 0.717) is 19.5 Å². The van der Waals surface area contributed by atoms with Crippen LogP contribution in [0.2, 0.25) is 0 Å². The van der Waals surface area contributed by atoms with Crippen molar-refractivity contribution >= 4 is 17.6 Å². The summed E-state index contributed by atoms with van der Waals surface area (Å²) in [5, 5.41) is 0. The van der Waals surface area contributed by atoms with Crippen LogP contribution in [0.1, 0.15) is 19.3 Å². The molecule has 0 radical (unpaired) electrons. The first-order valence-corrected chi connectivity index (χ1v) is 8.62. The summed E-state index contributed by atoms with van der Waals surface area (Å²) in [6, 6.07) is 5.47. The van der Waals surface area contributed by atoms with Gasteiger partial charge in [0.15, 0.2) is 0 Å². The van der Waals surface area contributed by atoms with Crippen LogP contribution < -0.4 is 10.6 Å². The second-order valence-electron chi connectivity index (χ2n) is 6.45. The maximum Gasteiger partial charge on any atom is 0.240 e. The highest BCUT2D eigenvalue weighted by atomic mass is 16.2. The van der Waals surface area contributed by atoms with Crippen LogP contribution in [0.25, 0.3) is 0 Å². The quantitative estimate of drug-likeness (QED) is 0.844. The number of rotatable bonds is 4. The largest absolute Gasteiger partial charge is 0.368 e. The SMILES string of the molecule is NC(=O)[C@@H]1CCCCN1C(=O)CN1CCN(c2ccccn2)CC1. The first-order valence-electron chi connectivity index (χ1n) is 8.62. The minimum absolute atomic E-state index is 0.0183. The standard InChI is InChI=1S/C17H25N5O2/c18-17(24)14-5-2-4-8-22(14)16(23)13-20-9-11-21(12-10-20)15-6-1-3-7-19-15/h1,3,6-7,14H,2,4-5,8-13H2,(H2,18,24)/t14-/m0/s1. The number of amides is 2. The lowest BCUT2D eigenvalue weighted by Crippen LogP contribution is -2.55. The predicted octanol–water partition coefficient (Wildman–Crippen LogP) is 0.0700. The highest BCUT2D eigenvalue weighted by Crippen LogP contribution is 2.18. The van der Waals surface area contributed by atoms with Crippen LogP contribution in [0.4, 0.5) is 5.82 Å². The summed E-state index contributed by atoms with van der Waals surface area (Å²) in [4.78, 5) is 34.6. The molecule has 2 fully saturated rings. The number of primary amides is 1. The molecule has 3 heterocycles. The van der Waals surface area contributed by atoms with Gasteiger partial charge in [0, 0.05) is 38.9 Å². The fourth-order valence-electron chi connectivity index (χ4n) is 3.48. The molecule has 0 bridgehead atoms. The van der Waals surface area contributed by atoms with Crippen molar-refractivity contribution in [1.82, 2.24) is 14.8 Å². The molecule has 2 aliphatic rings. The minimum Gasteiger partial charge on any atom is -0.368 e. The van der Waals surface area contributed by atoms with Gasteiger partial charge in [0.05, 0.1) is 6.54 Å². The number of nitrogens with two attached hydrogens (primary N) is 1. The van der Waals surface area contributed by atoms with Gasteiger partial charge in [-0.25, -0.2) is 4.98 Å². The van der Waals surface area contributed by atoms with Crippen molar-refractivity contribution in [3.8, 4) is 0 Å². The molecule has 7 nitrogen and oxygen atoms in total. The highest BCUT2D eigenvalue weighted by Gasteiger charge is 2.31. The maximum absolute atomic E-state index is 12.6. The van der Waals surface area contributed by atoms with Gasteiger partial charge in [0.25, 0.3) is 0 Å². The summed E-state index contributed by atoms with van der Waals surface area (Å²) in [6.45, 7) is 4.34. The second kappa shape index (κ2) is 7.61. The Morgan fingerprint density at radius 3 is 2.58 bits per heavy atom. The molecule has 0 saturated carbocycles. The van der Waals surface area contributed by atoms with Crippen molar-refractivity contribution in [2.24, 2.45) is 5.73 Å². The van der Waals surface area contributed by atoms with E-state index in [2.05, 4.69) is 14.8 Å². The number of pyridine rings is 1. The van der Waals surface area contributed by atoms with Crippen LogP contribution in [0.15, 0.2) is 24.4 Å². The maximum atomic E-state index is 12.6. The molecular formula is C17H25N5O2. The first-order chi connectivity index (χ1) is 11.6. The molecule has 2 saturated heterocycles. The van der Waals surface area contributed by atoms with Crippen molar-refractivity contribution in [1.29, 1.82) is 0 Å². The lowest BCUT2D eigenvalue weighted by atomic mass is 10.0. The monoisotopic (exact) mass is 331 g/mol. The fraction of sp³-hybridized carbons (Fsp3) is 0.588. The van der Waals surface area contributed by atoms with Crippen LogP contribution in [0, 0.1) is 0 Å². The molecular weight excluding hydrogens is 306 g/mol. The Morgan fingerprint density at radius 1 is 1.12 bits per heavy atom. The third-order valence-electron chi connectivity index (χ3n) is 4.86. The molecule has 0 unspecified atom stereocenters. The molecule has 1 aromatic rings. The molecule has 0 aliphatic carbocycles. The molecule has 0 aromatic carbocycles. The Bertz CT molecular complexity index is 572. The van der Waals surface area contributed by atoms with Crippen molar-refractivity contribution in [3.63, 3.8) is 0 Å². The Balaban J connectivity index is 1.52. The van der Waals surface area contributed by atoms with Gasteiger partial charge in [-0.05, 0) is 31.4 Å². The molecule has 3 rings (SSSR count). The van der Waals surface area contributed by atoms with Crippen molar-refractivity contribution < 1.29 is 9.59 Å². The number of likely N-dealkylation sites (tertiary alicyclic amines) is 1. The number of carbonyl (C=O) groups is 2. The van der Waals surface area contributed by atoms with Gasteiger partial charge >= 0.3 is 0 Å². The molecule has 2 aliphatic heterocycles. The van der Waals surface area contributed by atoms with E-state index in [4.69, 9.17) is 5.73 Å². The first kappa shape index (κ1) is 16.7. The molecule has 1 aromatic heterocycles. The smallest absolute Gasteiger partial charge is 0.240 e. The summed E-state index contributed by atoms with van der Waals surface area (Å²) >= 11 is 0. The predicted molar refractivity (Wildman–Crippen MR) is 91.4 cm³/mol. The van der Waals surface area contributed by atoms with Gasteiger partial charge in [-0.2, -0.15) is 0 Å². The van der Waals surface area contributed by atoms with E-state index in [1.54, 1.807) is 11.1 Å². The van der Waals surface area contributed by atoms with Crippen LogP contribution in [0.5, 0.6) is 0 Å². The van der Waals surface area contributed by atoms with Gasteiger partial charge in [-0.1, -0.05) is 6.07 Å². The van der Waals surface area contributed by atoms with E-state index < -0.39 is 6.04 Å². The van der Waals surface area contributed by atoms with Gasteiger partial charge in [-0.15, -0.1) is 0 Å². The molecule has 1 atom stereocenters. The fourth-order valence-corrected chi connectivity index (χ4v) is 3.48. The number of piperidine rings is 1. The number of piperazine rings is 1. The van der Waals surface area contributed by atoms with E-state index in [-0.39, 0.29) is 11.8 Å². The normalized spacial score (nSPS) is 22.4. The van der Waals surface area contributed by atoms with Crippen LogP contribution in [-0.4, -0.2) is 71.9 Å². The third kappa shape index (κ3) is 3.84. The average Bonchev–Trinajstić information content (AvgIpc) is 2.63. The Kier molecular flexibility index (Phi) is 5.30. The number of nitrogens with zero attached hydrogens (tertiary/aromatic N) is 4. The summed E-state index contributed by atoms with van der Waals surface area (Å²) in [7, 11) is 0. The lowest BCUT2D eigenvalue weighted by molar-refractivity contribution is -0.142. The van der Waals surface area contributed by atoms with Crippen molar-refractivity contribution in [2.75, 3.05) is 44.2 Å². The number of anilines is 1. The number of hydrogen-bond acceptors (Lipinski definition) is 5. The van der Waals surface area contributed by atoms with E-state index in [0.717, 1.165) is 44.8 Å². The zero-order chi connectivity index (χ0) is 16.9. The molecule has 130 valence electrons. The molecule has 7 heteroatoms. The molecule has 2 amide bonds. The van der Waals surface area contributed by atoms with Gasteiger partial charge in [-0.3, -0.25) is 14.5 Å². The summed E-state index contributed by atoms with van der Waals surface area (Å²) in [5.74, 6) is 0.612. The Morgan fingerprint density at radius 2 is 1.92 bits per heavy atom. The van der Waals surface area contributed by atoms with Crippen LogP contribution in [-0.2, 0) is 9.59 Å². The molecule has 2 N–H and O–H groups in total. The topological polar surface area (TPSA) is 82.8 Å². The van der Waals surface area contributed by atoms with Gasteiger partial charge in [0.1, 0.15) is 11.9 Å². The van der Waals surface area contributed by atoms with Crippen LogP contribution in [0.3, 0.4) is 0 Å². The van der Waals surface area contributed by atoms with Crippen molar-refractivity contribution in [3.05, 3.63) is 24.4 Å². The average molecular weight is 331 g/mol. The summed E-state index contributed by atoms with van der Waals surface area (Å²) in [6.07, 6.45) is 4.39. The second-order valence-corrected chi connectivity index (χ2v) is 6.45. The third-order valence-corrected chi connectivity index (χ3v) is 4.86.